The minimum Gasteiger partial charge on any atom is -0.495 e. The van der Waals surface area contributed by atoms with E-state index in [1.807, 2.05) is 6.07 Å². The number of anilines is 2. The molecule has 2 N–H and O–H groups in total. The third kappa shape index (κ3) is 7.30. The first-order chi connectivity index (χ1) is 19.5. The van der Waals surface area contributed by atoms with Gasteiger partial charge in [0.1, 0.15) is 12.9 Å². The normalized spacial score (nSPS) is 19.9. The fourth-order valence-electron chi connectivity index (χ4n) is 4.87. The number of benzene rings is 2. The van der Waals surface area contributed by atoms with Crippen LogP contribution in [0.5, 0.6) is 5.75 Å². The number of nitrogens with one attached hydrogen (secondary N) is 2. The van der Waals surface area contributed by atoms with E-state index in [4.69, 9.17) is 8.85 Å². The second-order valence-corrected chi connectivity index (χ2v) is 14.7. The Morgan fingerprint density at radius 2 is 2.05 bits per heavy atom. The lowest BCUT2D eigenvalue weighted by Crippen LogP contribution is -2.43. The molecule has 5 nitrogen and oxygen atoms in total. The predicted octanol–water partition coefficient (Wildman–Crippen LogP) is 6.48. The summed E-state index contributed by atoms with van der Waals surface area (Å²) in [4.78, 5) is 2.61. The number of alkyl halides is 3. The van der Waals surface area contributed by atoms with Gasteiger partial charge in [-0.15, -0.1) is 11.3 Å². The Hall–Kier alpha value is -2.66. The third-order valence-corrected chi connectivity index (χ3v) is 9.63. The van der Waals surface area contributed by atoms with Crippen molar-refractivity contribution in [3.8, 4) is 17.6 Å². The van der Waals surface area contributed by atoms with Crippen LogP contribution in [-0.4, -0.2) is 64.2 Å². The first-order valence-electron chi connectivity index (χ1n) is 14.2. The van der Waals surface area contributed by atoms with Crippen molar-refractivity contribution in [2.75, 3.05) is 57.7 Å². The number of thiophene rings is 1. The van der Waals surface area contributed by atoms with Crippen LogP contribution in [0, 0.1) is 17.8 Å². The Labute approximate surface area is 236 Å². The highest BCUT2D eigenvalue weighted by Crippen LogP contribution is 2.40. The summed E-state index contributed by atoms with van der Waals surface area (Å²) in [5.74, 6) is 6.19. The Morgan fingerprint density at radius 3 is 2.74 bits per heavy atom. The van der Waals surface area contributed by atoms with Crippen molar-refractivity contribution in [3.63, 3.8) is 0 Å². The zero-order chi connectivity index (χ0) is 30.9. The summed E-state index contributed by atoms with van der Waals surface area (Å²) in [5.41, 5.74) is 1.28. The van der Waals surface area contributed by atoms with Crippen LogP contribution < -0.4 is 20.7 Å². The van der Waals surface area contributed by atoms with E-state index in [1.165, 1.54) is 17.4 Å². The van der Waals surface area contributed by atoms with Crippen molar-refractivity contribution in [2.24, 2.45) is 5.92 Å². The van der Waals surface area contributed by atoms with Crippen molar-refractivity contribution in [2.45, 2.75) is 32.0 Å². The molecule has 10 heteroatoms. The van der Waals surface area contributed by atoms with Crippen LogP contribution in [0.25, 0.3) is 10.1 Å². The van der Waals surface area contributed by atoms with E-state index < -0.39 is 26.8 Å². The molecule has 0 saturated carbocycles. The van der Waals surface area contributed by atoms with Crippen LogP contribution in [-0.2, 0) is 11.0 Å². The lowest BCUT2D eigenvalue weighted by atomic mass is 9.94. The SMILES string of the molecule is [2H]C([2H])([2H])Oc1cc(P(C)(C)=O)ccc1NCC#Cc1sc2c(NC3CCN(C)CC3C)cccc2c1CC(F)(F)F. The number of halogens is 3. The van der Waals surface area contributed by atoms with Gasteiger partial charge in [0.2, 0.25) is 0 Å². The molecule has 1 aliphatic rings. The van der Waals surface area contributed by atoms with E-state index >= 15 is 0 Å². The summed E-state index contributed by atoms with van der Waals surface area (Å²) in [6, 6.07) is 10.2. The molecule has 2 heterocycles. The second kappa shape index (κ2) is 11.8. The topological polar surface area (TPSA) is 53.6 Å². The number of hydrogen-bond acceptors (Lipinski definition) is 6. The maximum atomic E-state index is 13.6. The molecular weight excluding hydrogens is 542 g/mol. The highest BCUT2D eigenvalue weighted by Gasteiger charge is 2.31. The Bertz CT molecular complexity index is 1540. The second-order valence-electron chi connectivity index (χ2n) is 10.5. The van der Waals surface area contributed by atoms with Crippen molar-refractivity contribution < 1.29 is 26.6 Å². The molecular formula is C29H35F3N3O2PS. The number of fused-ring (bicyclic) bond motifs is 1. The van der Waals surface area contributed by atoms with Crippen LogP contribution in [0.15, 0.2) is 36.4 Å². The van der Waals surface area contributed by atoms with Gasteiger partial charge in [-0.2, -0.15) is 13.2 Å². The number of nitrogens with zero attached hydrogens (tertiary/aromatic N) is 1. The Morgan fingerprint density at radius 1 is 1.26 bits per heavy atom. The number of ether oxygens (including phenoxy) is 1. The summed E-state index contributed by atoms with van der Waals surface area (Å²) in [7, 11) is -3.32. The van der Waals surface area contributed by atoms with Gasteiger partial charge >= 0.3 is 6.18 Å². The molecule has 1 saturated heterocycles. The van der Waals surface area contributed by atoms with Gasteiger partial charge in [0.05, 0.1) is 45.1 Å². The monoisotopic (exact) mass is 580 g/mol. The number of rotatable bonds is 7. The van der Waals surface area contributed by atoms with E-state index in [0.29, 0.717) is 27.2 Å². The minimum atomic E-state index is -4.41. The molecule has 3 aromatic rings. The Kier molecular flexibility index (Phi) is 7.68. The van der Waals surface area contributed by atoms with Crippen LogP contribution >= 0.6 is 18.5 Å². The maximum Gasteiger partial charge on any atom is 0.393 e. The highest BCUT2D eigenvalue weighted by molar-refractivity contribution is 7.70. The standard InChI is InChI=1S/C29H35F3N3O2PS/c1-19-18-35(2)15-13-23(19)34-25-9-6-8-21-22(17-29(30,31)32)27(39-28(21)25)10-7-14-33-24-12-11-20(38(4,5)36)16-26(24)37-3/h6,8-9,11-12,16,19,23,33-34H,13-15,17-18H2,1-5H3/i3D3. The Balaban J connectivity index is 1.62. The summed E-state index contributed by atoms with van der Waals surface area (Å²) < 4.78 is 81.7. The van der Waals surface area contributed by atoms with Crippen molar-refractivity contribution in [1.29, 1.82) is 0 Å². The first-order valence-corrected chi connectivity index (χ1v) is 16.1. The third-order valence-electron chi connectivity index (χ3n) is 6.91. The predicted molar refractivity (Wildman–Crippen MR) is 158 cm³/mol. The zero-order valence-electron chi connectivity index (χ0n) is 25.4. The van der Waals surface area contributed by atoms with Crippen LogP contribution in [0.3, 0.4) is 0 Å². The van der Waals surface area contributed by atoms with Crippen LogP contribution in [0.2, 0.25) is 0 Å². The summed E-state index contributed by atoms with van der Waals surface area (Å²) >= 11 is 1.24. The van der Waals surface area contributed by atoms with Crippen molar-refractivity contribution in [1.82, 2.24) is 4.90 Å². The minimum absolute atomic E-state index is 0.00306. The van der Waals surface area contributed by atoms with E-state index in [9.17, 15) is 17.7 Å². The molecule has 0 spiro atoms. The van der Waals surface area contributed by atoms with E-state index in [1.54, 1.807) is 37.6 Å². The average Bonchev–Trinajstić information content (AvgIpc) is 3.19. The van der Waals surface area contributed by atoms with Gasteiger partial charge in [-0.05, 0) is 74.5 Å². The van der Waals surface area contributed by atoms with Gasteiger partial charge < -0.3 is 24.8 Å². The first kappa shape index (κ1) is 25.3. The fraction of sp³-hybridized carbons (Fsp3) is 0.448. The van der Waals surface area contributed by atoms with E-state index in [2.05, 4.69) is 41.3 Å². The van der Waals surface area contributed by atoms with Crippen molar-refractivity contribution in [3.05, 3.63) is 46.8 Å². The van der Waals surface area contributed by atoms with Gasteiger partial charge in [0.15, 0.2) is 0 Å². The summed E-state index contributed by atoms with van der Waals surface area (Å²) in [5, 5.41) is 7.57. The highest BCUT2D eigenvalue weighted by atomic mass is 32.1. The van der Waals surface area contributed by atoms with Gasteiger partial charge in [0.25, 0.3) is 0 Å². The van der Waals surface area contributed by atoms with Gasteiger partial charge in [0, 0.05) is 17.9 Å². The largest absolute Gasteiger partial charge is 0.495 e. The van der Waals surface area contributed by atoms with Gasteiger partial charge in [-0.25, -0.2) is 0 Å². The lowest BCUT2D eigenvalue weighted by molar-refractivity contribution is -0.126. The molecule has 4 rings (SSSR count). The number of piperidine rings is 1. The molecule has 2 aromatic carbocycles. The van der Waals surface area contributed by atoms with E-state index in [0.717, 1.165) is 29.9 Å². The molecule has 1 fully saturated rings. The quantitative estimate of drug-likeness (QED) is 0.248. The fourth-order valence-corrected chi connectivity index (χ4v) is 6.90. The molecule has 210 valence electrons. The van der Waals surface area contributed by atoms with E-state index in [-0.39, 0.29) is 23.9 Å². The molecule has 0 radical (unpaired) electrons. The van der Waals surface area contributed by atoms with Crippen LogP contribution in [0.4, 0.5) is 24.5 Å². The zero-order valence-corrected chi connectivity index (χ0v) is 24.1. The number of hydrogen-bond donors (Lipinski definition) is 2. The average molecular weight is 581 g/mol. The van der Waals surface area contributed by atoms with Crippen molar-refractivity contribution >= 4 is 45.2 Å². The summed E-state index contributed by atoms with van der Waals surface area (Å²) in [6.07, 6.45) is -4.56. The maximum absolute atomic E-state index is 13.6. The molecule has 2 unspecified atom stereocenters. The smallest absolute Gasteiger partial charge is 0.393 e. The molecule has 1 aromatic heterocycles. The summed E-state index contributed by atoms with van der Waals surface area (Å²) in [6.45, 7) is 7.22. The van der Waals surface area contributed by atoms with Crippen LogP contribution in [0.1, 0.15) is 27.9 Å². The number of likely N-dealkylation sites (tertiary alicyclic amines) is 1. The van der Waals surface area contributed by atoms with Gasteiger partial charge in [-0.1, -0.05) is 30.9 Å². The molecule has 0 bridgehead atoms. The molecule has 39 heavy (non-hydrogen) atoms. The van der Waals surface area contributed by atoms with Gasteiger partial charge in [-0.3, -0.25) is 0 Å². The molecule has 0 amide bonds. The molecule has 1 aliphatic heterocycles. The lowest BCUT2D eigenvalue weighted by Gasteiger charge is -2.35. The molecule has 0 aliphatic carbocycles. The number of methoxy groups -OCH3 is 1. The molecule has 2 atom stereocenters.